The fraction of sp³-hybridized carbons (Fsp3) is 0.364. The van der Waals surface area contributed by atoms with Crippen molar-refractivity contribution in [2.24, 2.45) is 5.73 Å². The number of hydrogen-bond donors (Lipinski definition) is 2. The van der Waals surface area contributed by atoms with Crippen LogP contribution in [0.15, 0.2) is 12.1 Å². The van der Waals surface area contributed by atoms with Crippen LogP contribution in [-0.4, -0.2) is 18.5 Å². The molecule has 1 amide bonds. The summed E-state index contributed by atoms with van der Waals surface area (Å²) in [5.41, 5.74) is 5.68. The van der Waals surface area contributed by atoms with Crippen molar-refractivity contribution in [2.75, 3.05) is 6.54 Å². The van der Waals surface area contributed by atoms with Gasteiger partial charge in [0.15, 0.2) is 11.6 Å². The van der Waals surface area contributed by atoms with Gasteiger partial charge < -0.3 is 11.1 Å². The smallest absolute Gasteiger partial charge is 0.220 e. The van der Waals surface area contributed by atoms with E-state index in [0.29, 0.717) is 6.07 Å². The van der Waals surface area contributed by atoms with Gasteiger partial charge in [0.1, 0.15) is 5.82 Å². The molecule has 0 aliphatic carbocycles. The predicted molar refractivity (Wildman–Crippen MR) is 54.7 cm³/mol. The second-order valence-corrected chi connectivity index (χ2v) is 4.07. The van der Waals surface area contributed by atoms with Gasteiger partial charge in [-0.2, -0.15) is 0 Å². The monoisotopic (exact) mass is 244 g/mol. The standard InChI is InChI=1S/C11H11F3N2O/c12-7-3-9(14)8(13)1-5(7)6-2-11(17)16-4-10(6)15/h1,3,6,10H,2,4,15H2,(H,16,17)/t6-,10+/m1/s1. The van der Waals surface area contributed by atoms with Crippen molar-refractivity contribution in [3.63, 3.8) is 0 Å². The summed E-state index contributed by atoms with van der Waals surface area (Å²) in [5, 5.41) is 2.52. The number of carbonyl (C=O) groups is 1. The zero-order valence-corrected chi connectivity index (χ0v) is 8.84. The van der Waals surface area contributed by atoms with E-state index in [9.17, 15) is 18.0 Å². The van der Waals surface area contributed by atoms with Crippen LogP contribution in [0.25, 0.3) is 0 Å². The van der Waals surface area contributed by atoms with Gasteiger partial charge in [0, 0.05) is 31.0 Å². The lowest BCUT2D eigenvalue weighted by atomic mass is 9.86. The van der Waals surface area contributed by atoms with E-state index in [0.717, 1.165) is 6.07 Å². The van der Waals surface area contributed by atoms with Gasteiger partial charge in [0.25, 0.3) is 0 Å². The Morgan fingerprint density at radius 1 is 1.18 bits per heavy atom. The van der Waals surface area contributed by atoms with Crippen molar-refractivity contribution >= 4 is 5.91 Å². The molecule has 17 heavy (non-hydrogen) atoms. The van der Waals surface area contributed by atoms with Crippen LogP contribution in [0.4, 0.5) is 13.2 Å². The number of nitrogens with one attached hydrogen (secondary N) is 1. The molecule has 1 fully saturated rings. The lowest BCUT2D eigenvalue weighted by Crippen LogP contribution is -2.47. The summed E-state index contributed by atoms with van der Waals surface area (Å²) >= 11 is 0. The SMILES string of the molecule is N[C@H]1CNC(=O)C[C@@H]1c1cc(F)c(F)cc1F. The molecule has 1 aliphatic rings. The second-order valence-electron chi connectivity index (χ2n) is 4.07. The molecule has 1 aromatic rings. The first-order valence-corrected chi connectivity index (χ1v) is 5.15. The molecule has 1 aliphatic heterocycles. The van der Waals surface area contributed by atoms with E-state index >= 15 is 0 Å². The molecular formula is C11H11F3N2O. The Labute approximate surface area is 95.8 Å². The van der Waals surface area contributed by atoms with E-state index in [2.05, 4.69) is 5.32 Å². The Hall–Kier alpha value is -1.56. The van der Waals surface area contributed by atoms with Crippen LogP contribution < -0.4 is 11.1 Å². The van der Waals surface area contributed by atoms with Crippen molar-refractivity contribution in [1.29, 1.82) is 0 Å². The average Bonchev–Trinajstić information content (AvgIpc) is 2.27. The fourth-order valence-electron chi connectivity index (χ4n) is 1.96. The van der Waals surface area contributed by atoms with Crippen molar-refractivity contribution < 1.29 is 18.0 Å². The van der Waals surface area contributed by atoms with Gasteiger partial charge in [-0.05, 0) is 11.6 Å². The quantitative estimate of drug-likeness (QED) is 0.725. The molecule has 3 nitrogen and oxygen atoms in total. The van der Waals surface area contributed by atoms with E-state index in [1.54, 1.807) is 0 Å². The van der Waals surface area contributed by atoms with E-state index in [1.165, 1.54) is 0 Å². The number of piperidine rings is 1. The summed E-state index contributed by atoms with van der Waals surface area (Å²) in [4.78, 5) is 11.2. The summed E-state index contributed by atoms with van der Waals surface area (Å²) in [6.45, 7) is 0.196. The maximum absolute atomic E-state index is 13.5. The molecule has 3 N–H and O–H groups in total. The third-order valence-corrected chi connectivity index (χ3v) is 2.90. The molecule has 2 rings (SSSR count). The van der Waals surface area contributed by atoms with Crippen LogP contribution in [-0.2, 0) is 4.79 Å². The highest BCUT2D eigenvalue weighted by Crippen LogP contribution is 2.28. The van der Waals surface area contributed by atoms with E-state index in [1.807, 2.05) is 0 Å². The van der Waals surface area contributed by atoms with Gasteiger partial charge >= 0.3 is 0 Å². The minimum Gasteiger partial charge on any atom is -0.355 e. The second kappa shape index (κ2) is 4.37. The number of halogens is 3. The summed E-state index contributed by atoms with van der Waals surface area (Å²) < 4.78 is 39.4. The molecule has 1 aromatic carbocycles. The maximum atomic E-state index is 13.5. The molecule has 0 radical (unpaired) electrons. The van der Waals surface area contributed by atoms with Crippen molar-refractivity contribution in [3.8, 4) is 0 Å². The zero-order chi connectivity index (χ0) is 12.6. The molecule has 1 saturated heterocycles. The minimum atomic E-state index is -1.25. The van der Waals surface area contributed by atoms with Gasteiger partial charge in [-0.3, -0.25) is 4.79 Å². The average molecular weight is 244 g/mol. The summed E-state index contributed by atoms with van der Waals surface area (Å²) in [6, 6.07) is 0.740. The van der Waals surface area contributed by atoms with Gasteiger partial charge in [0.2, 0.25) is 5.91 Å². The van der Waals surface area contributed by atoms with Crippen LogP contribution in [0, 0.1) is 17.5 Å². The molecular weight excluding hydrogens is 233 g/mol. The molecule has 92 valence electrons. The third kappa shape index (κ3) is 2.26. The van der Waals surface area contributed by atoms with Gasteiger partial charge in [0.05, 0.1) is 0 Å². The normalized spacial score (nSPS) is 24.6. The van der Waals surface area contributed by atoms with Crippen LogP contribution in [0.2, 0.25) is 0 Å². The summed E-state index contributed by atoms with van der Waals surface area (Å²) in [6.07, 6.45) is -0.0246. The fourth-order valence-corrected chi connectivity index (χ4v) is 1.96. The van der Waals surface area contributed by atoms with E-state index in [4.69, 9.17) is 5.73 Å². The summed E-state index contributed by atoms with van der Waals surface area (Å²) in [7, 11) is 0. The topological polar surface area (TPSA) is 55.1 Å². The first-order chi connectivity index (χ1) is 7.99. The minimum absolute atomic E-state index is 0.0246. The Bertz CT molecular complexity index is 464. The van der Waals surface area contributed by atoms with Gasteiger partial charge in [-0.15, -0.1) is 0 Å². The van der Waals surface area contributed by atoms with Gasteiger partial charge in [-0.25, -0.2) is 13.2 Å². The van der Waals surface area contributed by atoms with Gasteiger partial charge in [-0.1, -0.05) is 0 Å². The van der Waals surface area contributed by atoms with Crippen molar-refractivity contribution in [2.45, 2.75) is 18.4 Å². The first-order valence-electron chi connectivity index (χ1n) is 5.15. The molecule has 0 unspecified atom stereocenters. The number of amides is 1. The lowest BCUT2D eigenvalue weighted by molar-refractivity contribution is -0.122. The largest absolute Gasteiger partial charge is 0.355 e. The Kier molecular flexibility index (Phi) is 3.06. The highest BCUT2D eigenvalue weighted by atomic mass is 19.2. The maximum Gasteiger partial charge on any atom is 0.220 e. The van der Waals surface area contributed by atoms with Crippen LogP contribution >= 0.6 is 0 Å². The lowest BCUT2D eigenvalue weighted by Gasteiger charge is -2.29. The van der Waals surface area contributed by atoms with Crippen LogP contribution in [0.5, 0.6) is 0 Å². The Balaban J connectivity index is 2.38. The zero-order valence-electron chi connectivity index (χ0n) is 8.84. The molecule has 2 atom stereocenters. The van der Waals surface area contributed by atoms with E-state index < -0.39 is 29.4 Å². The van der Waals surface area contributed by atoms with Crippen molar-refractivity contribution in [1.82, 2.24) is 5.32 Å². The predicted octanol–water partition coefficient (Wildman–Crippen LogP) is 1.03. The number of hydrogen-bond acceptors (Lipinski definition) is 2. The van der Waals surface area contributed by atoms with E-state index in [-0.39, 0.29) is 24.4 Å². The highest BCUT2D eigenvalue weighted by Gasteiger charge is 2.30. The van der Waals surface area contributed by atoms with Crippen LogP contribution in [0.1, 0.15) is 17.9 Å². The molecule has 0 aromatic heterocycles. The molecule has 6 heteroatoms. The Morgan fingerprint density at radius 3 is 2.53 bits per heavy atom. The summed E-state index contributed by atoms with van der Waals surface area (Å²) in [5.74, 6) is -4.17. The van der Waals surface area contributed by atoms with Crippen LogP contribution in [0.3, 0.4) is 0 Å². The molecule has 0 spiro atoms. The van der Waals surface area contributed by atoms with Crippen molar-refractivity contribution in [3.05, 3.63) is 35.1 Å². The molecule has 0 saturated carbocycles. The molecule has 0 bridgehead atoms. The Morgan fingerprint density at radius 2 is 1.82 bits per heavy atom. The third-order valence-electron chi connectivity index (χ3n) is 2.90. The number of rotatable bonds is 1. The number of benzene rings is 1. The first kappa shape index (κ1) is 11.9. The number of carbonyl (C=O) groups excluding carboxylic acids is 1. The number of nitrogens with two attached hydrogens (primary N) is 1. The highest BCUT2D eigenvalue weighted by molar-refractivity contribution is 5.78. The molecule has 1 heterocycles.